The van der Waals surface area contributed by atoms with Crippen LogP contribution >= 0.6 is 11.3 Å². The number of aromatic nitrogens is 3. The second-order valence-electron chi connectivity index (χ2n) is 8.43. The molecule has 2 aromatic heterocycles. The molecule has 0 saturated carbocycles. The van der Waals surface area contributed by atoms with Crippen molar-refractivity contribution < 1.29 is 14.3 Å². The van der Waals surface area contributed by atoms with Crippen LogP contribution in [-0.2, 0) is 5.67 Å². The monoisotopic (exact) mass is 492 g/mol. The molecular weight excluding hydrogens is 467 g/mol. The summed E-state index contributed by atoms with van der Waals surface area (Å²) in [5.41, 5.74) is 0.886. The Morgan fingerprint density at radius 1 is 1.23 bits per heavy atom. The lowest BCUT2D eigenvalue weighted by Crippen LogP contribution is -2.31. The summed E-state index contributed by atoms with van der Waals surface area (Å²) in [4.78, 5) is 29.8. The van der Waals surface area contributed by atoms with E-state index in [2.05, 4.69) is 15.4 Å². The van der Waals surface area contributed by atoms with E-state index in [4.69, 9.17) is 0 Å². The molecule has 2 atom stereocenters. The lowest BCUT2D eigenvalue weighted by Gasteiger charge is -2.24. The number of carbonyl (C=O) groups is 1. The van der Waals surface area contributed by atoms with Crippen LogP contribution in [0.25, 0.3) is 16.3 Å². The van der Waals surface area contributed by atoms with E-state index in [1.165, 1.54) is 35.1 Å². The highest BCUT2D eigenvalue weighted by Gasteiger charge is 2.28. The van der Waals surface area contributed by atoms with E-state index < -0.39 is 24.2 Å². The highest BCUT2D eigenvalue weighted by atomic mass is 32.1. The first-order valence-corrected chi connectivity index (χ1v) is 11.9. The standard InChI is InChI=1S/C26H25FN4O3S/c1-16-20(8-5-9-21(16)26(3,27)15-32)17(2)29-24(34)22-10-11-23(33)31(30-22)19-7-4-6-18(14-19)25-28-12-13-35-25/h4-14,17,32H,15H2,1-3H3,(H,29,34)/t17-,26?/m1/s1. The van der Waals surface area contributed by atoms with Gasteiger partial charge in [0.15, 0.2) is 5.67 Å². The van der Waals surface area contributed by atoms with Gasteiger partial charge in [-0.3, -0.25) is 9.59 Å². The van der Waals surface area contributed by atoms with Gasteiger partial charge in [-0.15, -0.1) is 11.3 Å². The van der Waals surface area contributed by atoms with Crippen LogP contribution in [0.5, 0.6) is 0 Å². The summed E-state index contributed by atoms with van der Waals surface area (Å²) in [6.07, 6.45) is 1.71. The van der Waals surface area contributed by atoms with Crippen molar-refractivity contribution in [2.45, 2.75) is 32.5 Å². The summed E-state index contributed by atoms with van der Waals surface area (Å²) in [7, 11) is 0. The van der Waals surface area contributed by atoms with Crippen LogP contribution in [0.15, 0.2) is 71.0 Å². The van der Waals surface area contributed by atoms with Crippen LogP contribution in [0.2, 0.25) is 0 Å². The van der Waals surface area contributed by atoms with E-state index in [0.717, 1.165) is 16.1 Å². The molecule has 180 valence electrons. The van der Waals surface area contributed by atoms with Gasteiger partial charge in [-0.1, -0.05) is 30.3 Å². The summed E-state index contributed by atoms with van der Waals surface area (Å²) in [5.74, 6) is -0.475. The van der Waals surface area contributed by atoms with Crippen molar-refractivity contribution in [3.63, 3.8) is 0 Å². The lowest BCUT2D eigenvalue weighted by molar-refractivity contribution is 0.0860. The molecule has 2 N–H and O–H groups in total. The Morgan fingerprint density at radius 2 is 2.00 bits per heavy atom. The smallest absolute Gasteiger partial charge is 0.272 e. The molecule has 9 heteroatoms. The van der Waals surface area contributed by atoms with Crippen molar-refractivity contribution in [2.24, 2.45) is 0 Å². The van der Waals surface area contributed by atoms with Gasteiger partial charge in [-0.2, -0.15) is 9.78 Å². The van der Waals surface area contributed by atoms with Gasteiger partial charge in [0, 0.05) is 23.2 Å². The number of benzene rings is 2. The third kappa shape index (κ3) is 5.06. The maximum atomic E-state index is 14.8. The molecule has 0 radical (unpaired) electrons. The number of rotatable bonds is 7. The van der Waals surface area contributed by atoms with E-state index in [9.17, 15) is 19.1 Å². The fraction of sp³-hybridized carbons (Fsp3) is 0.231. The van der Waals surface area contributed by atoms with Gasteiger partial charge < -0.3 is 10.4 Å². The number of alkyl halides is 1. The molecular formula is C26H25FN4O3S. The highest BCUT2D eigenvalue weighted by Crippen LogP contribution is 2.31. The second kappa shape index (κ2) is 9.89. The van der Waals surface area contributed by atoms with Crippen molar-refractivity contribution in [1.82, 2.24) is 20.1 Å². The molecule has 0 aliphatic rings. The quantitative estimate of drug-likeness (QED) is 0.400. The fourth-order valence-electron chi connectivity index (χ4n) is 3.97. The normalized spacial score (nSPS) is 13.7. The van der Waals surface area contributed by atoms with E-state index >= 15 is 0 Å². The summed E-state index contributed by atoms with van der Waals surface area (Å²) in [6.45, 7) is 4.22. The van der Waals surface area contributed by atoms with Crippen LogP contribution in [-0.4, -0.2) is 32.4 Å². The van der Waals surface area contributed by atoms with E-state index in [1.54, 1.807) is 56.4 Å². The molecule has 2 heterocycles. The third-order valence-corrected chi connectivity index (χ3v) is 6.67. The molecule has 0 saturated heterocycles. The van der Waals surface area contributed by atoms with Gasteiger partial charge in [0.25, 0.3) is 11.5 Å². The third-order valence-electron chi connectivity index (χ3n) is 5.85. The Balaban J connectivity index is 1.61. The zero-order chi connectivity index (χ0) is 25.2. The molecule has 0 spiro atoms. The van der Waals surface area contributed by atoms with E-state index in [-0.39, 0.29) is 11.3 Å². The molecule has 2 aromatic carbocycles. The number of nitrogens with one attached hydrogen (secondary N) is 1. The predicted molar refractivity (Wildman–Crippen MR) is 134 cm³/mol. The Bertz CT molecular complexity index is 1420. The Hall–Kier alpha value is -3.69. The van der Waals surface area contributed by atoms with Crippen molar-refractivity contribution in [2.75, 3.05) is 6.61 Å². The van der Waals surface area contributed by atoms with Crippen LogP contribution in [0.4, 0.5) is 4.39 Å². The molecule has 7 nitrogen and oxygen atoms in total. The molecule has 1 unspecified atom stereocenters. The van der Waals surface area contributed by atoms with Crippen LogP contribution in [0.1, 0.15) is 47.1 Å². The first-order valence-electron chi connectivity index (χ1n) is 11.0. The van der Waals surface area contributed by atoms with E-state index in [1.807, 2.05) is 11.4 Å². The number of aliphatic hydroxyl groups excluding tert-OH is 1. The lowest BCUT2D eigenvalue weighted by atomic mass is 9.89. The van der Waals surface area contributed by atoms with Gasteiger partial charge in [0.1, 0.15) is 10.7 Å². The maximum absolute atomic E-state index is 14.8. The maximum Gasteiger partial charge on any atom is 0.272 e. The number of thiazole rings is 1. The molecule has 0 fully saturated rings. The predicted octanol–water partition coefficient (Wildman–Crippen LogP) is 4.33. The molecule has 35 heavy (non-hydrogen) atoms. The molecule has 1 amide bonds. The number of halogens is 1. The number of amides is 1. The average Bonchev–Trinajstić information content (AvgIpc) is 3.39. The molecule has 0 aliphatic heterocycles. The minimum atomic E-state index is -1.89. The second-order valence-corrected chi connectivity index (χ2v) is 9.32. The van der Waals surface area contributed by atoms with Crippen molar-refractivity contribution in [3.8, 4) is 16.3 Å². The van der Waals surface area contributed by atoms with Crippen molar-refractivity contribution in [3.05, 3.63) is 98.9 Å². The van der Waals surface area contributed by atoms with Gasteiger partial charge in [0.2, 0.25) is 0 Å². The minimum Gasteiger partial charge on any atom is -0.393 e. The van der Waals surface area contributed by atoms with Crippen LogP contribution < -0.4 is 10.9 Å². The summed E-state index contributed by atoms with van der Waals surface area (Å²) in [6, 6.07) is 14.5. The Labute approximate surface area is 205 Å². The zero-order valence-corrected chi connectivity index (χ0v) is 20.3. The fourth-order valence-corrected chi connectivity index (χ4v) is 4.61. The Kier molecular flexibility index (Phi) is 6.90. The number of hydrogen-bond donors (Lipinski definition) is 2. The zero-order valence-electron chi connectivity index (χ0n) is 19.5. The largest absolute Gasteiger partial charge is 0.393 e. The van der Waals surface area contributed by atoms with Gasteiger partial charge in [-0.25, -0.2) is 9.37 Å². The van der Waals surface area contributed by atoms with Gasteiger partial charge >= 0.3 is 0 Å². The SMILES string of the molecule is Cc1c([C@@H](C)NC(=O)c2ccc(=O)n(-c3cccc(-c4nccs4)c3)n2)cccc1C(C)(F)CO. The first-order chi connectivity index (χ1) is 16.7. The van der Waals surface area contributed by atoms with Crippen LogP contribution in [0, 0.1) is 6.92 Å². The van der Waals surface area contributed by atoms with Crippen molar-refractivity contribution >= 4 is 17.2 Å². The van der Waals surface area contributed by atoms with Gasteiger partial charge in [0.05, 0.1) is 18.3 Å². The topological polar surface area (TPSA) is 97.1 Å². The average molecular weight is 493 g/mol. The molecule has 0 bridgehead atoms. The summed E-state index contributed by atoms with van der Waals surface area (Å²) < 4.78 is 15.9. The number of hydrogen-bond acceptors (Lipinski definition) is 6. The molecule has 4 rings (SSSR count). The van der Waals surface area contributed by atoms with Crippen molar-refractivity contribution in [1.29, 1.82) is 0 Å². The number of carbonyl (C=O) groups excluding carboxylic acids is 1. The van der Waals surface area contributed by atoms with E-state index in [0.29, 0.717) is 16.8 Å². The minimum absolute atomic E-state index is 0.0654. The first kappa shape index (κ1) is 24.4. The van der Waals surface area contributed by atoms with Gasteiger partial charge in [-0.05, 0) is 55.7 Å². The Morgan fingerprint density at radius 3 is 2.71 bits per heavy atom. The molecule has 4 aromatic rings. The molecule has 0 aliphatic carbocycles. The van der Waals surface area contributed by atoms with Crippen LogP contribution in [0.3, 0.4) is 0 Å². The summed E-state index contributed by atoms with van der Waals surface area (Å²) >= 11 is 1.48. The highest BCUT2D eigenvalue weighted by molar-refractivity contribution is 7.13. The number of nitrogens with zero attached hydrogens (tertiary/aromatic N) is 3. The number of aliphatic hydroxyl groups is 1. The summed E-state index contributed by atoms with van der Waals surface area (Å²) in [5, 5.41) is 19.3.